The predicted molar refractivity (Wildman–Crippen MR) is 104 cm³/mol. The van der Waals surface area contributed by atoms with E-state index in [-0.39, 0.29) is 10.7 Å². The monoisotopic (exact) mass is 327 g/mol. The van der Waals surface area contributed by atoms with Gasteiger partial charge in [-0.2, -0.15) is 0 Å². The highest BCUT2D eigenvalue weighted by atomic mass is 32.2. The van der Waals surface area contributed by atoms with Crippen molar-refractivity contribution in [3.8, 4) is 11.1 Å². The highest BCUT2D eigenvalue weighted by molar-refractivity contribution is 7.84. The molecule has 0 radical (unpaired) electrons. The summed E-state index contributed by atoms with van der Waals surface area (Å²) in [5.41, 5.74) is 5.34. The number of rotatable bonds is 0. The lowest BCUT2D eigenvalue weighted by Gasteiger charge is -2.15. The van der Waals surface area contributed by atoms with E-state index in [4.69, 9.17) is 4.78 Å². The van der Waals surface area contributed by atoms with Crippen LogP contribution in [0.1, 0.15) is 11.1 Å². The minimum absolute atomic E-state index is 0.366. The van der Waals surface area contributed by atoms with Gasteiger partial charge in [-0.25, -0.2) is 0 Å². The van der Waals surface area contributed by atoms with E-state index < -0.39 is 0 Å². The van der Waals surface area contributed by atoms with Crippen molar-refractivity contribution in [3.05, 3.63) is 83.9 Å². The van der Waals surface area contributed by atoms with Gasteiger partial charge in [0, 0.05) is 11.5 Å². The number of benzene rings is 4. The van der Waals surface area contributed by atoms with E-state index in [1.165, 1.54) is 43.8 Å². The van der Waals surface area contributed by atoms with Gasteiger partial charge in [0.15, 0.2) is 0 Å². The maximum atomic E-state index is 8.52. The van der Waals surface area contributed by atoms with Gasteiger partial charge >= 0.3 is 0 Å². The topological polar surface area (TPSA) is 23.9 Å². The molecule has 0 aromatic heterocycles. The van der Waals surface area contributed by atoms with Crippen molar-refractivity contribution in [2.45, 2.75) is 11.5 Å². The summed E-state index contributed by atoms with van der Waals surface area (Å²) in [4.78, 5) is 0. The first-order valence-electron chi connectivity index (χ1n) is 8.21. The molecule has 0 atom stereocenters. The Bertz CT molecular complexity index is 1040. The van der Waals surface area contributed by atoms with Crippen molar-refractivity contribution in [1.29, 1.82) is 4.78 Å². The fourth-order valence-electron chi connectivity index (χ4n) is 3.89. The zero-order valence-electron chi connectivity index (χ0n) is 13.3. The van der Waals surface area contributed by atoms with Crippen LogP contribution < -0.4 is 0 Å². The van der Waals surface area contributed by atoms with Gasteiger partial charge in [-0.1, -0.05) is 83.5 Å². The zero-order valence-corrected chi connectivity index (χ0v) is 14.1. The van der Waals surface area contributed by atoms with E-state index in [0.29, 0.717) is 0 Å². The van der Waals surface area contributed by atoms with Crippen LogP contribution in [0.15, 0.2) is 72.8 Å². The van der Waals surface area contributed by atoms with Crippen LogP contribution in [0.3, 0.4) is 0 Å². The summed E-state index contributed by atoms with van der Waals surface area (Å²) in [6.07, 6.45) is 0. The normalized spacial score (nSPS) is 14.3. The maximum absolute atomic E-state index is 8.52. The second-order valence-corrected chi connectivity index (χ2v) is 7.99. The fourth-order valence-corrected chi connectivity index (χ4v) is 5.22. The molecular weight excluding hydrogens is 310 g/mol. The van der Waals surface area contributed by atoms with Crippen LogP contribution in [0.5, 0.6) is 0 Å². The van der Waals surface area contributed by atoms with Gasteiger partial charge in [-0.3, -0.25) is 4.78 Å². The average molecular weight is 327 g/mol. The van der Waals surface area contributed by atoms with Crippen molar-refractivity contribution in [2.75, 3.05) is 0 Å². The lowest BCUT2D eigenvalue weighted by Crippen LogP contribution is -1.94. The Hall–Kier alpha value is -2.45. The third-order valence-electron chi connectivity index (χ3n) is 4.94. The largest absolute Gasteiger partial charge is 0.280 e. The highest BCUT2D eigenvalue weighted by Crippen LogP contribution is 2.41. The van der Waals surface area contributed by atoms with Crippen LogP contribution in [0.2, 0.25) is 0 Å². The van der Waals surface area contributed by atoms with E-state index in [9.17, 15) is 0 Å². The molecule has 1 heterocycles. The van der Waals surface area contributed by atoms with Crippen LogP contribution in [-0.2, 0) is 22.2 Å². The highest BCUT2D eigenvalue weighted by Gasteiger charge is 2.20. The quantitative estimate of drug-likeness (QED) is 0.406. The number of fused-ring (bicyclic) bond motifs is 7. The van der Waals surface area contributed by atoms with Gasteiger partial charge < -0.3 is 0 Å². The van der Waals surface area contributed by atoms with E-state index in [2.05, 4.69) is 72.8 Å². The fraction of sp³-hybridized carbons (Fsp3) is 0.0909. The molecule has 0 saturated carbocycles. The maximum Gasteiger partial charge on any atom is 0.0299 e. The Balaban J connectivity index is 2.02. The van der Waals surface area contributed by atoms with Gasteiger partial charge in [0.2, 0.25) is 0 Å². The molecule has 2 heteroatoms. The van der Waals surface area contributed by atoms with Gasteiger partial charge in [-0.05, 0) is 43.8 Å². The first-order chi connectivity index (χ1) is 11.8. The molecule has 4 aromatic rings. The molecule has 0 aliphatic carbocycles. The average Bonchev–Trinajstić information content (AvgIpc) is 2.77. The summed E-state index contributed by atoms with van der Waals surface area (Å²) in [6.45, 7) is 0. The molecule has 116 valence electrons. The Morgan fingerprint density at radius 1 is 0.583 bits per heavy atom. The summed E-state index contributed by atoms with van der Waals surface area (Å²) in [7, 11) is -0.366. The second-order valence-electron chi connectivity index (χ2n) is 6.42. The number of nitrogens with one attached hydrogen (secondary N) is 1. The molecule has 0 saturated heterocycles. The van der Waals surface area contributed by atoms with Crippen LogP contribution in [0, 0.1) is 4.78 Å². The molecule has 4 aromatic carbocycles. The summed E-state index contributed by atoms with van der Waals surface area (Å²) in [6, 6.07) is 26.2. The van der Waals surface area contributed by atoms with Gasteiger partial charge in [0.05, 0.1) is 0 Å². The van der Waals surface area contributed by atoms with Crippen LogP contribution in [0.25, 0.3) is 32.7 Å². The summed E-state index contributed by atoms with van der Waals surface area (Å²) < 4.78 is 8.52. The second kappa shape index (κ2) is 5.29. The molecule has 0 fully saturated rings. The SMILES string of the molecule is N=S1Cc2ccc3ccccc3c2-c2c(ccc3ccccc23)C1. The van der Waals surface area contributed by atoms with E-state index >= 15 is 0 Å². The smallest absolute Gasteiger partial charge is 0.0299 e. The van der Waals surface area contributed by atoms with Crippen LogP contribution >= 0.6 is 0 Å². The minimum atomic E-state index is -0.366. The number of hydrogen-bond acceptors (Lipinski definition) is 1. The molecule has 1 aliphatic heterocycles. The molecule has 24 heavy (non-hydrogen) atoms. The van der Waals surface area contributed by atoms with Gasteiger partial charge in [0.25, 0.3) is 0 Å². The molecule has 5 rings (SSSR count). The predicted octanol–water partition coefficient (Wildman–Crippen LogP) is 6.05. The summed E-state index contributed by atoms with van der Waals surface area (Å²) in [5.74, 6) is 1.70. The lowest BCUT2D eigenvalue weighted by atomic mass is 9.88. The molecule has 0 unspecified atom stereocenters. The Morgan fingerprint density at radius 2 is 1.04 bits per heavy atom. The number of hydrogen-bond donors (Lipinski definition) is 1. The van der Waals surface area contributed by atoms with E-state index in [0.717, 1.165) is 11.5 Å². The molecule has 1 N–H and O–H groups in total. The molecule has 0 spiro atoms. The Kier molecular flexibility index (Phi) is 3.07. The Labute approximate surface area is 143 Å². The standard InChI is InChI=1S/C22H17NS/c23-24-13-17-11-9-15-5-1-3-7-19(15)21(17)22-18(14-24)12-10-16-6-2-4-8-20(16)22/h1-12,23H,13-14H2. The third-order valence-corrected chi connectivity index (χ3v) is 6.26. The molecule has 1 nitrogen and oxygen atoms in total. The van der Waals surface area contributed by atoms with Crippen molar-refractivity contribution in [1.82, 2.24) is 0 Å². The molecule has 0 bridgehead atoms. The summed E-state index contributed by atoms with van der Waals surface area (Å²) in [5, 5.41) is 5.18. The minimum Gasteiger partial charge on any atom is -0.280 e. The van der Waals surface area contributed by atoms with Crippen molar-refractivity contribution in [2.24, 2.45) is 0 Å². The van der Waals surface area contributed by atoms with Gasteiger partial charge in [-0.15, -0.1) is 0 Å². The van der Waals surface area contributed by atoms with Crippen molar-refractivity contribution in [3.63, 3.8) is 0 Å². The van der Waals surface area contributed by atoms with Crippen LogP contribution in [-0.4, -0.2) is 0 Å². The molecular formula is C22H17NS. The Morgan fingerprint density at radius 3 is 1.54 bits per heavy atom. The summed E-state index contributed by atoms with van der Waals surface area (Å²) >= 11 is 0. The van der Waals surface area contributed by atoms with Crippen LogP contribution in [0.4, 0.5) is 0 Å². The molecule has 1 aliphatic rings. The lowest BCUT2D eigenvalue weighted by molar-refractivity contribution is 1.38. The van der Waals surface area contributed by atoms with E-state index in [1.54, 1.807) is 0 Å². The van der Waals surface area contributed by atoms with E-state index in [1.807, 2.05) is 0 Å². The zero-order chi connectivity index (χ0) is 16.1. The third kappa shape index (κ3) is 2.03. The first-order valence-corrected chi connectivity index (χ1v) is 9.78. The molecule has 0 amide bonds. The van der Waals surface area contributed by atoms with Gasteiger partial charge in [0.1, 0.15) is 0 Å². The first kappa shape index (κ1) is 13.9. The van der Waals surface area contributed by atoms with Crippen molar-refractivity contribution >= 4 is 32.2 Å². The van der Waals surface area contributed by atoms with Crippen molar-refractivity contribution < 1.29 is 0 Å².